The highest BCUT2D eigenvalue weighted by atomic mass is 16.7. The number of esters is 1. The van der Waals surface area contributed by atoms with Gasteiger partial charge in [0, 0.05) is 0 Å². The molecule has 0 saturated carbocycles. The molecule has 0 aromatic carbocycles. The minimum absolute atomic E-state index is 0.312. The lowest BCUT2D eigenvalue weighted by molar-refractivity contribution is -0.154. The Morgan fingerprint density at radius 2 is 1.53 bits per heavy atom. The molecule has 0 aromatic rings. The quantitative estimate of drug-likeness (QED) is 0.486. The Morgan fingerprint density at radius 1 is 1.00 bits per heavy atom. The summed E-state index contributed by atoms with van der Waals surface area (Å²) >= 11 is 0. The first kappa shape index (κ1) is 15.7. The molecule has 0 spiro atoms. The standard InChI is InChI=1S/C12H22O5/c1-4-6-8-15-11(13)10(3)17-12(14)16-9-7-5-2/h10H,4-9H2,1-3H3/t10-/m1/s1. The Kier molecular flexibility index (Phi) is 9.19. The number of ether oxygens (including phenoxy) is 3. The number of hydrogen-bond acceptors (Lipinski definition) is 5. The van der Waals surface area contributed by atoms with Gasteiger partial charge in [0.15, 0.2) is 6.10 Å². The Bertz CT molecular complexity index is 227. The molecule has 0 heterocycles. The monoisotopic (exact) mass is 246 g/mol. The first-order chi connectivity index (χ1) is 8.11. The molecular weight excluding hydrogens is 224 g/mol. The van der Waals surface area contributed by atoms with E-state index < -0.39 is 18.2 Å². The fourth-order valence-electron chi connectivity index (χ4n) is 0.961. The summed E-state index contributed by atoms with van der Waals surface area (Å²) in [7, 11) is 0. The Balaban J connectivity index is 3.71. The normalized spacial score (nSPS) is 11.7. The zero-order valence-corrected chi connectivity index (χ0v) is 10.9. The van der Waals surface area contributed by atoms with Gasteiger partial charge in [0.25, 0.3) is 0 Å². The van der Waals surface area contributed by atoms with Gasteiger partial charge in [-0.3, -0.25) is 0 Å². The summed E-state index contributed by atoms with van der Waals surface area (Å²) in [5, 5.41) is 0. The lowest BCUT2D eigenvalue weighted by Crippen LogP contribution is -2.27. The SMILES string of the molecule is CCCCOC(=O)O[C@H](C)C(=O)OCCCC. The maximum Gasteiger partial charge on any atom is 0.509 e. The fraction of sp³-hybridized carbons (Fsp3) is 0.833. The Morgan fingerprint density at radius 3 is 2.06 bits per heavy atom. The summed E-state index contributed by atoms with van der Waals surface area (Å²) in [6, 6.07) is 0. The van der Waals surface area contributed by atoms with Gasteiger partial charge < -0.3 is 14.2 Å². The minimum atomic E-state index is -0.916. The molecule has 0 saturated heterocycles. The van der Waals surface area contributed by atoms with Crippen molar-refractivity contribution in [3.63, 3.8) is 0 Å². The van der Waals surface area contributed by atoms with E-state index in [4.69, 9.17) is 14.2 Å². The van der Waals surface area contributed by atoms with Crippen LogP contribution in [0, 0.1) is 0 Å². The summed E-state index contributed by atoms with van der Waals surface area (Å²) in [5.41, 5.74) is 0. The van der Waals surface area contributed by atoms with Crippen LogP contribution in [-0.2, 0) is 19.0 Å². The highest BCUT2D eigenvalue weighted by Gasteiger charge is 2.19. The van der Waals surface area contributed by atoms with E-state index in [1.807, 2.05) is 13.8 Å². The van der Waals surface area contributed by atoms with Crippen molar-refractivity contribution in [3.8, 4) is 0 Å². The van der Waals surface area contributed by atoms with E-state index in [9.17, 15) is 9.59 Å². The third kappa shape index (κ3) is 8.54. The van der Waals surface area contributed by atoms with Crippen molar-refractivity contribution >= 4 is 12.1 Å². The molecule has 5 nitrogen and oxygen atoms in total. The summed E-state index contributed by atoms with van der Waals surface area (Å²) in [6.07, 6.45) is 1.73. The number of carbonyl (C=O) groups excluding carboxylic acids is 2. The van der Waals surface area contributed by atoms with Crippen molar-refractivity contribution in [2.45, 2.75) is 52.6 Å². The molecule has 100 valence electrons. The zero-order valence-electron chi connectivity index (χ0n) is 10.9. The largest absolute Gasteiger partial charge is 0.509 e. The molecular formula is C12H22O5. The van der Waals surface area contributed by atoms with E-state index in [0.29, 0.717) is 13.2 Å². The molecule has 0 radical (unpaired) electrons. The molecule has 0 unspecified atom stereocenters. The maximum absolute atomic E-state index is 11.3. The van der Waals surface area contributed by atoms with Crippen LogP contribution in [0.5, 0.6) is 0 Å². The smallest absolute Gasteiger partial charge is 0.463 e. The molecule has 17 heavy (non-hydrogen) atoms. The van der Waals surface area contributed by atoms with E-state index in [0.717, 1.165) is 25.7 Å². The highest BCUT2D eigenvalue weighted by molar-refractivity contribution is 5.76. The minimum Gasteiger partial charge on any atom is -0.463 e. The van der Waals surface area contributed by atoms with Gasteiger partial charge in [-0.2, -0.15) is 0 Å². The Labute approximate surface area is 102 Å². The predicted octanol–water partition coefficient (Wildman–Crippen LogP) is 2.67. The van der Waals surface area contributed by atoms with Crippen LogP contribution in [0.3, 0.4) is 0 Å². The number of unbranched alkanes of at least 4 members (excludes halogenated alkanes) is 2. The Hall–Kier alpha value is -1.26. The molecule has 0 fully saturated rings. The van der Waals surface area contributed by atoms with Gasteiger partial charge in [0.1, 0.15) is 0 Å². The number of rotatable bonds is 8. The van der Waals surface area contributed by atoms with Crippen LogP contribution in [0.4, 0.5) is 4.79 Å². The topological polar surface area (TPSA) is 61.8 Å². The summed E-state index contributed by atoms with van der Waals surface area (Å²) in [4.78, 5) is 22.4. The number of carbonyl (C=O) groups is 2. The lowest BCUT2D eigenvalue weighted by Gasteiger charge is -2.12. The van der Waals surface area contributed by atoms with E-state index >= 15 is 0 Å². The molecule has 0 amide bonds. The third-order valence-corrected chi connectivity index (χ3v) is 2.06. The van der Waals surface area contributed by atoms with Crippen LogP contribution in [0.2, 0.25) is 0 Å². The molecule has 1 atom stereocenters. The van der Waals surface area contributed by atoms with Crippen LogP contribution in [0.25, 0.3) is 0 Å². The van der Waals surface area contributed by atoms with Crippen LogP contribution in [-0.4, -0.2) is 31.4 Å². The van der Waals surface area contributed by atoms with Gasteiger partial charge in [-0.05, 0) is 19.8 Å². The fourth-order valence-corrected chi connectivity index (χ4v) is 0.961. The van der Waals surface area contributed by atoms with Gasteiger partial charge in [-0.15, -0.1) is 0 Å². The van der Waals surface area contributed by atoms with Crippen LogP contribution in [0.15, 0.2) is 0 Å². The van der Waals surface area contributed by atoms with Gasteiger partial charge in [0.2, 0.25) is 0 Å². The molecule has 0 rings (SSSR count). The summed E-state index contributed by atoms with van der Waals surface area (Å²) in [5.74, 6) is -0.536. The van der Waals surface area contributed by atoms with Crippen molar-refractivity contribution in [3.05, 3.63) is 0 Å². The van der Waals surface area contributed by atoms with Crippen LogP contribution in [0.1, 0.15) is 46.5 Å². The molecule has 0 aliphatic carbocycles. The molecule has 0 aliphatic heterocycles. The van der Waals surface area contributed by atoms with Crippen molar-refractivity contribution < 1.29 is 23.8 Å². The molecule has 0 N–H and O–H groups in total. The van der Waals surface area contributed by atoms with Crippen LogP contribution >= 0.6 is 0 Å². The van der Waals surface area contributed by atoms with Crippen molar-refractivity contribution in [2.24, 2.45) is 0 Å². The third-order valence-electron chi connectivity index (χ3n) is 2.06. The van der Waals surface area contributed by atoms with Gasteiger partial charge in [0.05, 0.1) is 13.2 Å². The molecule has 0 aliphatic rings. The summed E-state index contributed by atoms with van der Waals surface area (Å²) in [6.45, 7) is 6.12. The van der Waals surface area contributed by atoms with Gasteiger partial charge >= 0.3 is 12.1 Å². The number of hydrogen-bond donors (Lipinski definition) is 0. The second-order valence-electron chi connectivity index (χ2n) is 3.73. The first-order valence-electron chi connectivity index (χ1n) is 6.11. The van der Waals surface area contributed by atoms with Crippen molar-refractivity contribution in [2.75, 3.05) is 13.2 Å². The maximum atomic E-state index is 11.3. The van der Waals surface area contributed by atoms with E-state index in [-0.39, 0.29) is 0 Å². The van der Waals surface area contributed by atoms with E-state index in [1.54, 1.807) is 0 Å². The van der Waals surface area contributed by atoms with Gasteiger partial charge in [-0.1, -0.05) is 26.7 Å². The average molecular weight is 246 g/mol. The van der Waals surface area contributed by atoms with Crippen LogP contribution < -0.4 is 0 Å². The van der Waals surface area contributed by atoms with Crippen molar-refractivity contribution in [1.82, 2.24) is 0 Å². The second kappa shape index (κ2) is 9.93. The molecule has 0 aromatic heterocycles. The average Bonchev–Trinajstić information content (AvgIpc) is 2.29. The van der Waals surface area contributed by atoms with Crippen molar-refractivity contribution in [1.29, 1.82) is 0 Å². The van der Waals surface area contributed by atoms with E-state index in [2.05, 4.69) is 0 Å². The predicted molar refractivity (Wildman–Crippen MR) is 62.7 cm³/mol. The lowest BCUT2D eigenvalue weighted by atomic mass is 10.3. The first-order valence-corrected chi connectivity index (χ1v) is 6.11. The van der Waals surface area contributed by atoms with E-state index in [1.165, 1.54) is 6.92 Å². The highest BCUT2D eigenvalue weighted by Crippen LogP contribution is 2.00. The van der Waals surface area contributed by atoms with Gasteiger partial charge in [-0.25, -0.2) is 9.59 Å². The second-order valence-corrected chi connectivity index (χ2v) is 3.73. The summed E-state index contributed by atoms with van der Waals surface area (Å²) < 4.78 is 14.4. The molecule has 0 bridgehead atoms. The molecule has 5 heteroatoms. The zero-order chi connectivity index (χ0) is 13.1.